The Hall–Kier alpha value is -3.48. The molecule has 3 aromatic rings. The van der Waals surface area contributed by atoms with Crippen LogP contribution in [0, 0.1) is 0 Å². The van der Waals surface area contributed by atoms with E-state index in [1.54, 1.807) is 43.0 Å². The summed E-state index contributed by atoms with van der Waals surface area (Å²) in [6, 6.07) is 14.5. The normalized spacial score (nSPS) is 13.9. The maximum absolute atomic E-state index is 12.9. The molecule has 0 N–H and O–H groups in total. The van der Waals surface area contributed by atoms with Crippen LogP contribution in [0.15, 0.2) is 53.3 Å². The van der Waals surface area contributed by atoms with Gasteiger partial charge >= 0.3 is 5.97 Å². The molecule has 2 heterocycles. The lowest BCUT2D eigenvalue weighted by molar-refractivity contribution is -0.126. The molecule has 0 radical (unpaired) electrons. The van der Waals surface area contributed by atoms with Gasteiger partial charge in [0.25, 0.3) is 11.5 Å². The highest BCUT2D eigenvalue weighted by Gasteiger charge is 2.30. The number of aromatic nitrogens is 2. The fourth-order valence-corrected chi connectivity index (χ4v) is 3.65. The number of nitrogens with zero attached hydrogens (tertiary/aromatic N) is 3. The fraction of sp³-hybridized carbons (Fsp3) is 0.273. The molecule has 0 unspecified atom stereocenters. The molecule has 0 spiro atoms. The van der Waals surface area contributed by atoms with Crippen molar-refractivity contribution >= 4 is 28.3 Å². The number of para-hydroxylation sites is 1. The van der Waals surface area contributed by atoms with Crippen molar-refractivity contribution in [3.63, 3.8) is 0 Å². The Bertz CT molecular complexity index is 1170. The third kappa shape index (κ3) is 3.29. The minimum atomic E-state index is -0.976. The zero-order chi connectivity index (χ0) is 20.5. The second-order valence-corrected chi connectivity index (χ2v) is 6.93. The molecule has 1 aliphatic heterocycles. The lowest BCUT2D eigenvalue weighted by Gasteiger charge is -2.21. The molecule has 0 aliphatic carbocycles. The Balaban J connectivity index is 1.61. The molecule has 1 aromatic heterocycles. The van der Waals surface area contributed by atoms with Crippen LogP contribution in [-0.2, 0) is 22.5 Å². The van der Waals surface area contributed by atoms with Gasteiger partial charge in [-0.3, -0.25) is 9.59 Å². The van der Waals surface area contributed by atoms with Crippen molar-refractivity contribution in [1.29, 1.82) is 0 Å². The predicted octanol–water partition coefficient (Wildman–Crippen LogP) is 2.55. The van der Waals surface area contributed by atoms with E-state index < -0.39 is 12.1 Å². The number of benzene rings is 2. The Morgan fingerprint density at radius 1 is 1.10 bits per heavy atom. The first-order chi connectivity index (χ1) is 14.0. The summed E-state index contributed by atoms with van der Waals surface area (Å²) in [5, 5.41) is 4.98. The van der Waals surface area contributed by atoms with E-state index in [4.69, 9.17) is 4.74 Å². The molecule has 7 nitrogen and oxygen atoms in total. The molecule has 1 atom stereocenters. The van der Waals surface area contributed by atoms with Gasteiger partial charge in [0.05, 0.1) is 5.39 Å². The molecule has 0 fully saturated rings. The van der Waals surface area contributed by atoms with Gasteiger partial charge in [0, 0.05) is 24.2 Å². The average molecular weight is 391 g/mol. The van der Waals surface area contributed by atoms with E-state index in [0.29, 0.717) is 23.9 Å². The van der Waals surface area contributed by atoms with Gasteiger partial charge in [-0.25, -0.2) is 9.48 Å². The van der Waals surface area contributed by atoms with Gasteiger partial charge in [-0.2, -0.15) is 5.10 Å². The molecule has 0 bridgehead atoms. The highest BCUT2D eigenvalue weighted by atomic mass is 16.5. The van der Waals surface area contributed by atoms with Gasteiger partial charge in [0.1, 0.15) is 0 Å². The summed E-state index contributed by atoms with van der Waals surface area (Å²) in [5.74, 6) is -1.01. The summed E-state index contributed by atoms with van der Waals surface area (Å²) in [6.07, 6.45) is -0.202. The number of esters is 1. The standard InChI is InChI=1S/C22H21N3O4/c1-3-25-21(27)17-10-6-5-9-16(17)19(23-25)22(28)29-14(2)20(26)24-13-12-15-8-4-7-11-18(15)24/h4-11,14H,3,12-13H2,1-2H3/t14-/m0/s1. The summed E-state index contributed by atoms with van der Waals surface area (Å²) in [6.45, 7) is 4.21. The third-order valence-corrected chi connectivity index (χ3v) is 5.15. The summed E-state index contributed by atoms with van der Waals surface area (Å²) in [4.78, 5) is 39.8. The number of carbonyl (C=O) groups is 2. The third-order valence-electron chi connectivity index (χ3n) is 5.15. The van der Waals surface area contributed by atoms with Crippen molar-refractivity contribution < 1.29 is 14.3 Å². The van der Waals surface area contributed by atoms with E-state index in [9.17, 15) is 14.4 Å². The van der Waals surface area contributed by atoms with E-state index in [1.807, 2.05) is 24.3 Å². The van der Waals surface area contributed by atoms with Crippen molar-refractivity contribution in [2.75, 3.05) is 11.4 Å². The maximum atomic E-state index is 12.9. The minimum Gasteiger partial charge on any atom is -0.448 e. The molecule has 2 aromatic carbocycles. The van der Waals surface area contributed by atoms with Gasteiger partial charge in [-0.15, -0.1) is 0 Å². The van der Waals surface area contributed by atoms with Crippen molar-refractivity contribution in [3.8, 4) is 0 Å². The predicted molar refractivity (Wildman–Crippen MR) is 109 cm³/mol. The van der Waals surface area contributed by atoms with Gasteiger partial charge in [0.15, 0.2) is 11.8 Å². The molecule has 7 heteroatoms. The zero-order valence-corrected chi connectivity index (χ0v) is 16.3. The van der Waals surface area contributed by atoms with Crippen LogP contribution in [0.5, 0.6) is 0 Å². The molecular weight excluding hydrogens is 370 g/mol. The first kappa shape index (κ1) is 18.9. The summed E-state index contributed by atoms with van der Waals surface area (Å²) >= 11 is 0. The van der Waals surface area contributed by atoms with Crippen LogP contribution < -0.4 is 10.5 Å². The SMILES string of the molecule is CCn1nc(C(=O)O[C@@H](C)C(=O)N2CCc3ccccc32)c2ccccc2c1=O. The fourth-order valence-electron chi connectivity index (χ4n) is 3.65. The zero-order valence-electron chi connectivity index (χ0n) is 16.3. The van der Waals surface area contributed by atoms with Crippen molar-refractivity contribution in [2.45, 2.75) is 32.9 Å². The van der Waals surface area contributed by atoms with Gasteiger partial charge < -0.3 is 9.64 Å². The number of anilines is 1. The molecule has 4 rings (SSSR count). The summed E-state index contributed by atoms with van der Waals surface area (Å²) < 4.78 is 6.69. The summed E-state index contributed by atoms with van der Waals surface area (Å²) in [7, 11) is 0. The monoisotopic (exact) mass is 391 g/mol. The van der Waals surface area contributed by atoms with E-state index in [-0.39, 0.29) is 17.2 Å². The molecule has 0 saturated heterocycles. The first-order valence-electron chi connectivity index (χ1n) is 9.61. The minimum absolute atomic E-state index is 0.0310. The molecular formula is C22H21N3O4. The van der Waals surface area contributed by atoms with Gasteiger partial charge in [-0.1, -0.05) is 36.4 Å². The van der Waals surface area contributed by atoms with Gasteiger partial charge in [0.2, 0.25) is 0 Å². The Labute approximate surface area is 167 Å². The first-order valence-corrected chi connectivity index (χ1v) is 9.61. The van der Waals surface area contributed by atoms with Crippen LogP contribution in [0.2, 0.25) is 0 Å². The topological polar surface area (TPSA) is 81.5 Å². The smallest absolute Gasteiger partial charge is 0.360 e. The highest BCUT2D eigenvalue weighted by Crippen LogP contribution is 2.28. The lowest BCUT2D eigenvalue weighted by Crippen LogP contribution is -2.39. The van der Waals surface area contributed by atoms with Crippen LogP contribution in [0.3, 0.4) is 0 Å². The van der Waals surface area contributed by atoms with Gasteiger partial charge in [-0.05, 0) is 38.0 Å². The number of ether oxygens (including phenoxy) is 1. The second kappa shape index (κ2) is 7.50. The van der Waals surface area contributed by atoms with E-state index >= 15 is 0 Å². The van der Waals surface area contributed by atoms with Crippen LogP contribution in [0.25, 0.3) is 10.8 Å². The number of rotatable bonds is 4. The number of fused-ring (bicyclic) bond motifs is 2. The second-order valence-electron chi connectivity index (χ2n) is 6.93. The van der Waals surface area contributed by atoms with Crippen LogP contribution >= 0.6 is 0 Å². The number of aryl methyl sites for hydroxylation is 1. The Kier molecular flexibility index (Phi) is 4.88. The van der Waals surface area contributed by atoms with Crippen molar-refractivity contribution in [1.82, 2.24) is 9.78 Å². The largest absolute Gasteiger partial charge is 0.448 e. The van der Waals surface area contributed by atoms with Crippen LogP contribution in [0.1, 0.15) is 29.9 Å². The van der Waals surface area contributed by atoms with Crippen LogP contribution in [0.4, 0.5) is 5.69 Å². The van der Waals surface area contributed by atoms with Crippen molar-refractivity contribution in [3.05, 3.63) is 70.1 Å². The molecule has 1 amide bonds. The van der Waals surface area contributed by atoms with E-state index in [2.05, 4.69) is 5.10 Å². The van der Waals surface area contributed by atoms with Crippen molar-refractivity contribution in [2.24, 2.45) is 0 Å². The summed E-state index contributed by atoms with van der Waals surface area (Å²) in [5.41, 5.74) is 1.71. The Morgan fingerprint density at radius 3 is 2.55 bits per heavy atom. The lowest BCUT2D eigenvalue weighted by atomic mass is 10.1. The van der Waals surface area contributed by atoms with E-state index in [0.717, 1.165) is 17.7 Å². The maximum Gasteiger partial charge on any atom is 0.360 e. The molecule has 1 aliphatic rings. The number of carbonyl (C=O) groups excluding carboxylic acids is 2. The quantitative estimate of drug-likeness (QED) is 0.639. The number of hydrogen-bond acceptors (Lipinski definition) is 5. The highest BCUT2D eigenvalue weighted by molar-refractivity contribution is 6.04. The molecule has 0 saturated carbocycles. The number of hydrogen-bond donors (Lipinski definition) is 0. The molecule has 148 valence electrons. The molecule has 29 heavy (non-hydrogen) atoms. The van der Waals surface area contributed by atoms with Crippen LogP contribution in [-0.4, -0.2) is 34.3 Å². The Morgan fingerprint density at radius 2 is 1.79 bits per heavy atom. The van der Waals surface area contributed by atoms with E-state index in [1.165, 1.54) is 4.68 Å². The average Bonchev–Trinajstić information content (AvgIpc) is 3.17. The number of amides is 1.